The molecule has 2 aromatic carbocycles. The van der Waals surface area contributed by atoms with Crippen molar-refractivity contribution < 1.29 is 9.52 Å². The second-order valence-electron chi connectivity index (χ2n) is 5.20. The Morgan fingerprint density at radius 3 is 2.57 bits per heavy atom. The van der Waals surface area contributed by atoms with Crippen LogP contribution >= 0.6 is 11.6 Å². The quantitative estimate of drug-likeness (QED) is 0.681. The molecule has 0 fully saturated rings. The molecule has 0 amide bonds. The van der Waals surface area contributed by atoms with E-state index >= 15 is 0 Å². The Morgan fingerprint density at radius 2 is 1.86 bits per heavy atom. The number of hydrogen-bond acceptors (Lipinski definition) is 2. The zero-order chi connectivity index (χ0) is 14.8. The molecule has 0 spiro atoms. The molecule has 2 nitrogen and oxygen atoms in total. The number of furan rings is 1. The van der Waals surface area contributed by atoms with E-state index in [1.54, 1.807) is 0 Å². The first-order chi connectivity index (χ1) is 10.2. The molecule has 0 aliphatic rings. The van der Waals surface area contributed by atoms with Gasteiger partial charge < -0.3 is 9.52 Å². The zero-order valence-electron chi connectivity index (χ0n) is 11.8. The van der Waals surface area contributed by atoms with E-state index in [2.05, 4.69) is 0 Å². The summed E-state index contributed by atoms with van der Waals surface area (Å²) < 4.78 is 5.72. The molecule has 1 unspecified atom stereocenters. The van der Waals surface area contributed by atoms with Gasteiger partial charge in [0.05, 0.1) is 5.02 Å². The van der Waals surface area contributed by atoms with Crippen LogP contribution in [-0.2, 0) is 0 Å². The van der Waals surface area contributed by atoms with E-state index in [4.69, 9.17) is 16.0 Å². The van der Waals surface area contributed by atoms with Crippen LogP contribution in [0.5, 0.6) is 0 Å². The smallest absolute Gasteiger partial charge is 0.153 e. The molecule has 0 radical (unpaired) electrons. The first-order valence-corrected chi connectivity index (χ1v) is 7.53. The topological polar surface area (TPSA) is 33.4 Å². The summed E-state index contributed by atoms with van der Waals surface area (Å²) in [5.74, 6) is 0.582. The molecule has 0 saturated carbocycles. The lowest BCUT2D eigenvalue weighted by Gasteiger charge is -2.04. The van der Waals surface area contributed by atoms with Gasteiger partial charge in [0.15, 0.2) is 5.58 Å². The standard InChI is InChI=1S/C18H17ClO2/c1-2-6-16(20)17-11-14-9-13(10-15(19)18(14)21-17)12-7-4-3-5-8-12/h3-5,7-11,16,20H,2,6H2,1H3. The fourth-order valence-electron chi connectivity index (χ4n) is 2.51. The molecule has 3 heteroatoms. The van der Waals surface area contributed by atoms with E-state index in [1.807, 2.05) is 55.5 Å². The van der Waals surface area contributed by atoms with Crippen LogP contribution in [0, 0.1) is 0 Å². The molecule has 3 rings (SSSR count). The van der Waals surface area contributed by atoms with Crippen molar-refractivity contribution >= 4 is 22.6 Å². The summed E-state index contributed by atoms with van der Waals surface area (Å²) >= 11 is 6.33. The minimum absolute atomic E-state index is 0.571. The number of aliphatic hydroxyl groups excluding tert-OH is 1. The molecular weight excluding hydrogens is 284 g/mol. The number of fused-ring (bicyclic) bond motifs is 1. The summed E-state index contributed by atoms with van der Waals surface area (Å²) in [4.78, 5) is 0. The molecule has 0 bridgehead atoms. The van der Waals surface area contributed by atoms with Gasteiger partial charge in [-0.2, -0.15) is 0 Å². The van der Waals surface area contributed by atoms with Crippen LogP contribution < -0.4 is 0 Å². The molecular formula is C18H17ClO2. The SMILES string of the molecule is CCCC(O)c1cc2cc(-c3ccccc3)cc(Cl)c2o1. The van der Waals surface area contributed by atoms with Crippen LogP contribution in [-0.4, -0.2) is 5.11 Å². The highest BCUT2D eigenvalue weighted by Gasteiger charge is 2.15. The molecule has 21 heavy (non-hydrogen) atoms. The van der Waals surface area contributed by atoms with Crippen molar-refractivity contribution in [1.29, 1.82) is 0 Å². The lowest BCUT2D eigenvalue weighted by Crippen LogP contribution is -1.93. The van der Waals surface area contributed by atoms with Crippen molar-refractivity contribution in [2.45, 2.75) is 25.9 Å². The third-order valence-corrected chi connectivity index (χ3v) is 3.87. The monoisotopic (exact) mass is 300 g/mol. The Hall–Kier alpha value is -1.77. The van der Waals surface area contributed by atoms with Gasteiger partial charge >= 0.3 is 0 Å². The fourth-order valence-corrected chi connectivity index (χ4v) is 2.77. The summed E-state index contributed by atoms with van der Waals surface area (Å²) in [6.07, 6.45) is 1.02. The van der Waals surface area contributed by atoms with Crippen molar-refractivity contribution in [3.8, 4) is 11.1 Å². The Labute approximate surface area is 129 Å². The van der Waals surface area contributed by atoms with Crippen molar-refractivity contribution in [3.05, 3.63) is 59.3 Å². The van der Waals surface area contributed by atoms with E-state index in [0.717, 1.165) is 22.9 Å². The maximum absolute atomic E-state index is 10.1. The van der Waals surface area contributed by atoms with Gasteiger partial charge in [-0.1, -0.05) is 55.3 Å². The average molecular weight is 301 g/mol. The van der Waals surface area contributed by atoms with Gasteiger partial charge in [-0.25, -0.2) is 0 Å². The van der Waals surface area contributed by atoms with E-state index in [1.165, 1.54) is 0 Å². The number of rotatable bonds is 4. The van der Waals surface area contributed by atoms with Crippen molar-refractivity contribution in [2.24, 2.45) is 0 Å². The third kappa shape index (κ3) is 2.82. The highest BCUT2D eigenvalue weighted by Crippen LogP contribution is 2.35. The minimum Gasteiger partial charge on any atom is -0.457 e. The Balaban J connectivity index is 2.07. The molecule has 3 aromatic rings. The predicted octanol–water partition coefficient (Wildman–Crippen LogP) is 5.59. The summed E-state index contributed by atoms with van der Waals surface area (Å²) in [6, 6.07) is 15.9. The highest BCUT2D eigenvalue weighted by atomic mass is 35.5. The van der Waals surface area contributed by atoms with Gasteiger partial charge in [-0.15, -0.1) is 0 Å². The average Bonchev–Trinajstić information content (AvgIpc) is 2.93. The summed E-state index contributed by atoms with van der Waals surface area (Å²) in [5.41, 5.74) is 2.80. The molecule has 0 saturated heterocycles. The van der Waals surface area contributed by atoms with Crippen molar-refractivity contribution in [1.82, 2.24) is 0 Å². The minimum atomic E-state index is -0.571. The maximum Gasteiger partial charge on any atom is 0.153 e. The number of benzene rings is 2. The van der Waals surface area contributed by atoms with Crippen LogP contribution in [0.15, 0.2) is 52.9 Å². The molecule has 0 aliphatic carbocycles. The third-order valence-electron chi connectivity index (χ3n) is 3.59. The lowest BCUT2D eigenvalue weighted by atomic mass is 10.0. The summed E-state index contributed by atoms with van der Waals surface area (Å²) in [7, 11) is 0. The second-order valence-corrected chi connectivity index (χ2v) is 5.60. The Morgan fingerprint density at radius 1 is 1.10 bits per heavy atom. The Bertz CT molecular complexity index is 747. The van der Waals surface area contributed by atoms with E-state index in [0.29, 0.717) is 22.8 Å². The van der Waals surface area contributed by atoms with Gasteiger partial charge in [0.2, 0.25) is 0 Å². The van der Waals surface area contributed by atoms with Crippen LogP contribution in [0.25, 0.3) is 22.1 Å². The first-order valence-electron chi connectivity index (χ1n) is 7.15. The first kappa shape index (κ1) is 14.2. The predicted molar refractivity (Wildman–Crippen MR) is 86.5 cm³/mol. The molecule has 108 valence electrons. The van der Waals surface area contributed by atoms with Gasteiger partial charge in [0.25, 0.3) is 0 Å². The molecule has 0 aliphatic heterocycles. The molecule has 1 N–H and O–H groups in total. The zero-order valence-corrected chi connectivity index (χ0v) is 12.6. The van der Waals surface area contributed by atoms with Gasteiger partial charge in [0, 0.05) is 5.39 Å². The maximum atomic E-state index is 10.1. The second kappa shape index (κ2) is 5.92. The van der Waals surface area contributed by atoms with Crippen molar-refractivity contribution in [2.75, 3.05) is 0 Å². The highest BCUT2D eigenvalue weighted by molar-refractivity contribution is 6.35. The van der Waals surface area contributed by atoms with Crippen LogP contribution in [0.2, 0.25) is 5.02 Å². The van der Waals surface area contributed by atoms with Gasteiger partial charge in [-0.3, -0.25) is 0 Å². The fraction of sp³-hybridized carbons (Fsp3) is 0.222. The molecule has 1 heterocycles. The largest absolute Gasteiger partial charge is 0.457 e. The number of halogens is 1. The van der Waals surface area contributed by atoms with Crippen LogP contribution in [0.4, 0.5) is 0 Å². The lowest BCUT2D eigenvalue weighted by molar-refractivity contribution is 0.141. The van der Waals surface area contributed by atoms with Gasteiger partial charge in [-0.05, 0) is 35.7 Å². The van der Waals surface area contributed by atoms with Gasteiger partial charge in [0.1, 0.15) is 11.9 Å². The molecule has 1 atom stereocenters. The number of aliphatic hydroxyl groups is 1. The van der Waals surface area contributed by atoms with Crippen LogP contribution in [0.3, 0.4) is 0 Å². The molecule has 1 aromatic heterocycles. The van der Waals surface area contributed by atoms with E-state index in [9.17, 15) is 5.11 Å². The van der Waals surface area contributed by atoms with E-state index in [-0.39, 0.29) is 0 Å². The number of hydrogen-bond donors (Lipinski definition) is 1. The van der Waals surface area contributed by atoms with Crippen LogP contribution in [0.1, 0.15) is 31.6 Å². The van der Waals surface area contributed by atoms with E-state index < -0.39 is 6.10 Å². The summed E-state index contributed by atoms with van der Waals surface area (Å²) in [6.45, 7) is 2.03. The normalized spacial score (nSPS) is 12.7. The van der Waals surface area contributed by atoms with Crippen molar-refractivity contribution in [3.63, 3.8) is 0 Å². The Kier molecular flexibility index (Phi) is 4.00. The summed E-state index contributed by atoms with van der Waals surface area (Å²) in [5, 5.41) is 11.6.